The van der Waals surface area contributed by atoms with Crippen LogP contribution < -0.4 is 5.32 Å². The molecule has 2 aliphatic carbocycles. The molecule has 0 amide bonds. The summed E-state index contributed by atoms with van der Waals surface area (Å²) in [5, 5.41) is 12.7. The second-order valence-corrected chi connectivity index (χ2v) is 6.38. The predicted molar refractivity (Wildman–Crippen MR) is 78.6 cm³/mol. The molecule has 1 aromatic rings. The Morgan fingerprint density at radius 2 is 1.75 bits per heavy atom. The molecule has 3 rings (SSSR count). The lowest BCUT2D eigenvalue weighted by Crippen LogP contribution is -2.32. The lowest BCUT2D eigenvalue weighted by Gasteiger charge is -2.18. The zero-order valence-electron chi connectivity index (χ0n) is 12.0. The van der Waals surface area contributed by atoms with E-state index in [0.29, 0.717) is 6.04 Å². The van der Waals surface area contributed by atoms with Crippen molar-refractivity contribution >= 4 is 5.97 Å². The fourth-order valence-electron chi connectivity index (χ4n) is 2.93. The number of carbonyl (C=O) groups is 1. The minimum Gasteiger partial charge on any atom is -0.481 e. The first kappa shape index (κ1) is 13.6. The Kier molecular flexibility index (Phi) is 3.79. The van der Waals surface area contributed by atoms with Crippen LogP contribution in [0.5, 0.6) is 0 Å². The van der Waals surface area contributed by atoms with Crippen molar-refractivity contribution in [2.75, 3.05) is 0 Å². The van der Waals surface area contributed by atoms with Crippen molar-refractivity contribution in [1.82, 2.24) is 5.32 Å². The number of hydrogen-bond acceptors (Lipinski definition) is 2. The maximum Gasteiger partial charge on any atom is 0.310 e. The first-order valence-corrected chi connectivity index (χ1v) is 7.70. The molecular weight excluding hydrogens is 250 g/mol. The number of aliphatic carboxylic acids is 1. The second kappa shape index (κ2) is 5.57. The van der Waals surface area contributed by atoms with E-state index in [1.807, 2.05) is 12.1 Å². The lowest BCUT2D eigenvalue weighted by atomic mass is 10.00. The molecule has 1 unspecified atom stereocenters. The summed E-state index contributed by atoms with van der Waals surface area (Å²) in [5.41, 5.74) is 2.12. The van der Waals surface area contributed by atoms with Gasteiger partial charge in [-0.05, 0) is 55.6 Å². The molecule has 0 saturated heterocycles. The highest BCUT2D eigenvalue weighted by Crippen LogP contribution is 2.44. The molecule has 108 valence electrons. The molecule has 0 aromatic heterocycles. The van der Waals surface area contributed by atoms with Crippen molar-refractivity contribution in [2.45, 2.75) is 51.1 Å². The van der Waals surface area contributed by atoms with Crippen LogP contribution in [0.15, 0.2) is 24.3 Å². The van der Waals surface area contributed by atoms with Gasteiger partial charge in [-0.1, -0.05) is 24.3 Å². The van der Waals surface area contributed by atoms with E-state index in [9.17, 15) is 4.79 Å². The molecule has 2 N–H and O–H groups in total. The molecule has 0 bridgehead atoms. The zero-order valence-corrected chi connectivity index (χ0v) is 12.0. The summed E-state index contributed by atoms with van der Waals surface area (Å²) in [6, 6.07) is 8.71. The Morgan fingerprint density at radius 3 is 2.20 bits per heavy atom. The van der Waals surface area contributed by atoms with Gasteiger partial charge in [0.1, 0.15) is 0 Å². The maximum absolute atomic E-state index is 11.0. The lowest BCUT2D eigenvalue weighted by molar-refractivity contribution is -0.138. The van der Waals surface area contributed by atoms with Crippen LogP contribution >= 0.6 is 0 Å². The van der Waals surface area contributed by atoms with E-state index in [1.54, 1.807) is 6.92 Å². The average molecular weight is 273 g/mol. The summed E-state index contributed by atoms with van der Waals surface area (Å²) < 4.78 is 0. The summed E-state index contributed by atoms with van der Waals surface area (Å²) in [6.45, 7) is 2.63. The quantitative estimate of drug-likeness (QED) is 0.802. The molecule has 0 radical (unpaired) electrons. The third-order valence-electron chi connectivity index (χ3n) is 4.65. The number of rotatable bonds is 7. The Morgan fingerprint density at radius 1 is 1.20 bits per heavy atom. The average Bonchev–Trinajstić information content (AvgIpc) is 3.32. The van der Waals surface area contributed by atoms with E-state index in [1.165, 1.54) is 31.2 Å². The fourth-order valence-corrected chi connectivity index (χ4v) is 2.93. The topological polar surface area (TPSA) is 49.3 Å². The van der Waals surface area contributed by atoms with Gasteiger partial charge in [-0.2, -0.15) is 0 Å². The summed E-state index contributed by atoms with van der Waals surface area (Å²) in [5.74, 6) is 0.628. The summed E-state index contributed by atoms with van der Waals surface area (Å²) in [7, 11) is 0. The third-order valence-corrected chi connectivity index (χ3v) is 4.65. The van der Waals surface area contributed by atoms with Crippen LogP contribution in [0, 0.1) is 11.8 Å². The molecule has 0 aliphatic heterocycles. The largest absolute Gasteiger partial charge is 0.481 e. The Balaban J connectivity index is 1.56. The first-order valence-electron chi connectivity index (χ1n) is 7.70. The molecule has 1 atom stereocenters. The first-order chi connectivity index (χ1) is 9.65. The van der Waals surface area contributed by atoms with Gasteiger partial charge in [0.15, 0.2) is 0 Å². The van der Waals surface area contributed by atoms with Crippen LogP contribution in [0.3, 0.4) is 0 Å². The highest BCUT2D eigenvalue weighted by Gasteiger charge is 2.40. The number of carboxylic acid groups (broad SMARTS) is 1. The van der Waals surface area contributed by atoms with Gasteiger partial charge in [0.2, 0.25) is 0 Å². The molecule has 1 aromatic carbocycles. The monoisotopic (exact) mass is 273 g/mol. The Bertz CT molecular complexity index is 462. The number of hydrogen-bond donors (Lipinski definition) is 2. The Hall–Kier alpha value is -1.35. The molecule has 0 spiro atoms. The molecule has 2 fully saturated rings. The molecular formula is C17H23NO2. The maximum atomic E-state index is 11.0. The van der Waals surface area contributed by atoms with Gasteiger partial charge in [-0.15, -0.1) is 0 Å². The van der Waals surface area contributed by atoms with E-state index in [4.69, 9.17) is 5.11 Å². The van der Waals surface area contributed by atoms with Crippen molar-refractivity contribution in [3.8, 4) is 0 Å². The third kappa shape index (κ3) is 3.21. The Labute approximate surface area is 120 Å². The minimum atomic E-state index is -0.765. The van der Waals surface area contributed by atoms with Crippen LogP contribution in [0.25, 0.3) is 0 Å². The standard InChI is InChI=1S/C17H23NO2/c1-11(17(19)20)13-4-2-12(3-5-13)10-18-16(14-6-7-14)15-8-9-15/h2-5,11,14-16,18H,6-10H2,1H3,(H,19,20). The zero-order chi connectivity index (χ0) is 14.1. The van der Waals surface area contributed by atoms with Gasteiger partial charge in [-0.3, -0.25) is 4.79 Å². The van der Waals surface area contributed by atoms with Crippen LogP contribution in [-0.2, 0) is 11.3 Å². The summed E-state index contributed by atoms with van der Waals surface area (Å²) in [4.78, 5) is 11.0. The van der Waals surface area contributed by atoms with E-state index in [2.05, 4.69) is 17.4 Å². The molecule has 0 heterocycles. The molecule has 2 aliphatic rings. The molecule has 20 heavy (non-hydrogen) atoms. The number of nitrogens with one attached hydrogen (secondary N) is 1. The van der Waals surface area contributed by atoms with Gasteiger partial charge < -0.3 is 10.4 Å². The number of benzene rings is 1. The van der Waals surface area contributed by atoms with Crippen molar-refractivity contribution in [3.63, 3.8) is 0 Å². The van der Waals surface area contributed by atoms with Gasteiger partial charge in [-0.25, -0.2) is 0 Å². The van der Waals surface area contributed by atoms with Crippen LogP contribution in [-0.4, -0.2) is 17.1 Å². The van der Waals surface area contributed by atoms with E-state index in [0.717, 1.165) is 23.9 Å². The normalized spacial score (nSPS) is 20.1. The van der Waals surface area contributed by atoms with Crippen molar-refractivity contribution < 1.29 is 9.90 Å². The van der Waals surface area contributed by atoms with Crippen molar-refractivity contribution in [2.24, 2.45) is 11.8 Å². The molecule has 2 saturated carbocycles. The summed E-state index contributed by atoms with van der Waals surface area (Å²) in [6.07, 6.45) is 5.57. The van der Waals surface area contributed by atoms with Gasteiger partial charge in [0.05, 0.1) is 5.92 Å². The smallest absolute Gasteiger partial charge is 0.310 e. The van der Waals surface area contributed by atoms with Gasteiger partial charge >= 0.3 is 5.97 Å². The highest BCUT2D eigenvalue weighted by molar-refractivity contribution is 5.75. The van der Waals surface area contributed by atoms with Crippen LogP contribution in [0.2, 0.25) is 0 Å². The minimum absolute atomic E-state index is 0.428. The van der Waals surface area contributed by atoms with Crippen molar-refractivity contribution in [1.29, 1.82) is 0 Å². The van der Waals surface area contributed by atoms with E-state index in [-0.39, 0.29) is 0 Å². The highest BCUT2D eigenvalue weighted by atomic mass is 16.4. The van der Waals surface area contributed by atoms with Gasteiger partial charge in [0, 0.05) is 12.6 Å². The predicted octanol–water partition coefficient (Wildman–Crippen LogP) is 3.15. The second-order valence-electron chi connectivity index (χ2n) is 6.38. The van der Waals surface area contributed by atoms with Crippen molar-refractivity contribution in [3.05, 3.63) is 35.4 Å². The van der Waals surface area contributed by atoms with E-state index >= 15 is 0 Å². The number of carboxylic acids is 1. The summed E-state index contributed by atoms with van der Waals surface area (Å²) >= 11 is 0. The van der Waals surface area contributed by atoms with Gasteiger partial charge in [0.25, 0.3) is 0 Å². The van der Waals surface area contributed by atoms with Crippen LogP contribution in [0.4, 0.5) is 0 Å². The van der Waals surface area contributed by atoms with Crippen LogP contribution in [0.1, 0.15) is 49.7 Å². The SMILES string of the molecule is CC(C(=O)O)c1ccc(CNC(C2CC2)C2CC2)cc1. The fraction of sp³-hybridized carbons (Fsp3) is 0.588. The van der Waals surface area contributed by atoms with E-state index < -0.39 is 11.9 Å². The molecule has 3 heteroatoms. The molecule has 3 nitrogen and oxygen atoms in total.